The van der Waals surface area contributed by atoms with E-state index in [0.717, 1.165) is 6.42 Å². The second kappa shape index (κ2) is 4.72. The molecule has 0 aliphatic carbocycles. The average molecular weight is 181 g/mol. The summed E-state index contributed by atoms with van der Waals surface area (Å²) in [6, 6.07) is 5.79. The molecule has 3 nitrogen and oxygen atoms in total. The Balaban J connectivity index is 2.73. The second-order valence-electron chi connectivity index (χ2n) is 2.78. The SMILES string of the molecule is CCc1ccc(OCOC)c(N)c1. The first-order valence-electron chi connectivity index (χ1n) is 4.28. The van der Waals surface area contributed by atoms with E-state index in [1.807, 2.05) is 18.2 Å². The summed E-state index contributed by atoms with van der Waals surface area (Å²) in [6.45, 7) is 2.32. The molecule has 0 aromatic heterocycles. The molecular formula is C10H15NO2. The van der Waals surface area contributed by atoms with Gasteiger partial charge in [0.15, 0.2) is 6.79 Å². The first-order chi connectivity index (χ1) is 6.27. The van der Waals surface area contributed by atoms with Crippen LogP contribution in [0.1, 0.15) is 12.5 Å². The Kier molecular flexibility index (Phi) is 3.58. The Morgan fingerprint density at radius 3 is 2.69 bits per heavy atom. The molecule has 0 heterocycles. The molecule has 0 atom stereocenters. The summed E-state index contributed by atoms with van der Waals surface area (Å²) in [5.41, 5.74) is 7.63. The van der Waals surface area contributed by atoms with Crippen molar-refractivity contribution in [1.29, 1.82) is 0 Å². The maximum absolute atomic E-state index is 5.76. The lowest BCUT2D eigenvalue weighted by molar-refractivity contribution is 0.0516. The van der Waals surface area contributed by atoms with Crippen molar-refractivity contribution in [2.45, 2.75) is 13.3 Å². The second-order valence-corrected chi connectivity index (χ2v) is 2.78. The maximum Gasteiger partial charge on any atom is 0.188 e. The monoisotopic (exact) mass is 181 g/mol. The van der Waals surface area contributed by atoms with Gasteiger partial charge in [0.2, 0.25) is 0 Å². The van der Waals surface area contributed by atoms with Crippen LogP contribution < -0.4 is 10.5 Å². The van der Waals surface area contributed by atoms with Gasteiger partial charge >= 0.3 is 0 Å². The largest absolute Gasteiger partial charge is 0.465 e. The highest BCUT2D eigenvalue weighted by Crippen LogP contribution is 2.22. The molecule has 0 aliphatic heterocycles. The van der Waals surface area contributed by atoms with Crippen molar-refractivity contribution in [3.05, 3.63) is 23.8 Å². The predicted octanol–water partition coefficient (Wildman–Crippen LogP) is 1.81. The minimum Gasteiger partial charge on any atom is -0.465 e. The maximum atomic E-state index is 5.76. The van der Waals surface area contributed by atoms with Gasteiger partial charge in [0, 0.05) is 7.11 Å². The zero-order valence-electron chi connectivity index (χ0n) is 8.04. The summed E-state index contributed by atoms with van der Waals surface area (Å²) in [6.07, 6.45) is 0.981. The van der Waals surface area contributed by atoms with Crippen molar-refractivity contribution in [3.63, 3.8) is 0 Å². The van der Waals surface area contributed by atoms with Crippen molar-refractivity contribution in [2.75, 3.05) is 19.6 Å². The Labute approximate surface area is 78.5 Å². The van der Waals surface area contributed by atoms with Crippen LogP contribution in [-0.4, -0.2) is 13.9 Å². The number of ether oxygens (including phenoxy) is 2. The summed E-state index contributed by atoms with van der Waals surface area (Å²) in [7, 11) is 1.58. The van der Waals surface area contributed by atoms with Crippen molar-refractivity contribution >= 4 is 5.69 Å². The van der Waals surface area contributed by atoms with E-state index in [-0.39, 0.29) is 6.79 Å². The van der Waals surface area contributed by atoms with E-state index in [1.54, 1.807) is 7.11 Å². The van der Waals surface area contributed by atoms with Crippen LogP contribution in [0.3, 0.4) is 0 Å². The molecule has 0 bridgehead atoms. The molecule has 0 spiro atoms. The summed E-state index contributed by atoms with van der Waals surface area (Å²) in [5.74, 6) is 0.680. The lowest BCUT2D eigenvalue weighted by atomic mass is 10.1. The smallest absolute Gasteiger partial charge is 0.188 e. The van der Waals surface area contributed by atoms with Gasteiger partial charge in [0.1, 0.15) is 5.75 Å². The van der Waals surface area contributed by atoms with Crippen molar-refractivity contribution in [3.8, 4) is 5.75 Å². The van der Waals surface area contributed by atoms with Gasteiger partial charge in [-0.05, 0) is 24.1 Å². The highest BCUT2D eigenvalue weighted by Gasteiger charge is 2.00. The van der Waals surface area contributed by atoms with Crippen LogP contribution in [0, 0.1) is 0 Å². The van der Waals surface area contributed by atoms with Crippen LogP contribution in [-0.2, 0) is 11.2 Å². The van der Waals surface area contributed by atoms with E-state index in [2.05, 4.69) is 6.92 Å². The molecule has 3 heteroatoms. The quantitative estimate of drug-likeness (QED) is 0.569. The molecule has 0 saturated carbocycles. The highest BCUT2D eigenvalue weighted by molar-refractivity contribution is 5.54. The molecule has 1 aromatic rings. The molecule has 0 unspecified atom stereocenters. The number of benzene rings is 1. The van der Waals surface area contributed by atoms with Crippen LogP contribution in [0.4, 0.5) is 5.69 Å². The van der Waals surface area contributed by atoms with Gasteiger partial charge in [-0.25, -0.2) is 0 Å². The Morgan fingerprint density at radius 2 is 2.15 bits per heavy atom. The predicted molar refractivity (Wildman–Crippen MR) is 52.7 cm³/mol. The Hall–Kier alpha value is -1.22. The number of hydrogen-bond donors (Lipinski definition) is 1. The Bertz CT molecular complexity index is 274. The van der Waals surface area contributed by atoms with Gasteiger partial charge in [-0.2, -0.15) is 0 Å². The fourth-order valence-corrected chi connectivity index (χ4v) is 1.07. The van der Waals surface area contributed by atoms with E-state index in [9.17, 15) is 0 Å². The summed E-state index contributed by atoms with van der Waals surface area (Å²) in [4.78, 5) is 0. The molecule has 0 aliphatic rings. The standard InChI is InChI=1S/C10H15NO2/c1-3-8-4-5-10(9(11)6-8)13-7-12-2/h4-6H,3,7,11H2,1-2H3. The number of aryl methyl sites for hydroxylation is 1. The van der Waals surface area contributed by atoms with Crippen molar-refractivity contribution in [1.82, 2.24) is 0 Å². The van der Waals surface area contributed by atoms with Crippen molar-refractivity contribution in [2.24, 2.45) is 0 Å². The number of nitrogens with two attached hydrogens (primary N) is 1. The van der Waals surface area contributed by atoms with Crippen LogP contribution in [0.2, 0.25) is 0 Å². The molecule has 0 saturated heterocycles. The van der Waals surface area contributed by atoms with E-state index in [1.165, 1.54) is 5.56 Å². The first-order valence-corrected chi connectivity index (χ1v) is 4.28. The van der Waals surface area contributed by atoms with Crippen LogP contribution in [0.5, 0.6) is 5.75 Å². The minimum absolute atomic E-state index is 0.232. The number of nitrogen functional groups attached to an aromatic ring is 1. The molecule has 72 valence electrons. The van der Waals surface area contributed by atoms with Crippen LogP contribution >= 0.6 is 0 Å². The third kappa shape index (κ3) is 2.63. The zero-order valence-corrected chi connectivity index (χ0v) is 8.04. The molecule has 2 N–H and O–H groups in total. The summed E-state index contributed by atoms with van der Waals surface area (Å²) in [5, 5.41) is 0. The highest BCUT2D eigenvalue weighted by atomic mass is 16.7. The summed E-state index contributed by atoms with van der Waals surface area (Å²) >= 11 is 0. The van der Waals surface area contributed by atoms with Gasteiger partial charge in [-0.1, -0.05) is 13.0 Å². The van der Waals surface area contributed by atoms with Crippen LogP contribution in [0.15, 0.2) is 18.2 Å². The van der Waals surface area contributed by atoms with Gasteiger partial charge < -0.3 is 15.2 Å². The van der Waals surface area contributed by atoms with Crippen LogP contribution in [0.25, 0.3) is 0 Å². The lowest BCUT2D eigenvalue weighted by Gasteiger charge is -2.08. The van der Waals surface area contributed by atoms with Gasteiger partial charge in [0.25, 0.3) is 0 Å². The number of hydrogen-bond acceptors (Lipinski definition) is 3. The lowest BCUT2D eigenvalue weighted by Crippen LogP contribution is -2.01. The summed E-state index contributed by atoms with van der Waals surface area (Å²) < 4.78 is 10.0. The van der Waals surface area contributed by atoms with Crippen molar-refractivity contribution < 1.29 is 9.47 Å². The number of rotatable bonds is 4. The number of methoxy groups -OCH3 is 1. The van der Waals surface area contributed by atoms with Gasteiger partial charge in [-0.15, -0.1) is 0 Å². The van der Waals surface area contributed by atoms with E-state index < -0.39 is 0 Å². The molecule has 0 radical (unpaired) electrons. The molecule has 1 aromatic carbocycles. The van der Waals surface area contributed by atoms with Gasteiger partial charge in [-0.3, -0.25) is 0 Å². The zero-order chi connectivity index (χ0) is 9.68. The Morgan fingerprint density at radius 1 is 1.38 bits per heavy atom. The number of anilines is 1. The third-order valence-electron chi connectivity index (χ3n) is 1.81. The normalized spacial score (nSPS) is 10.0. The van der Waals surface area contributed by atoms with E-state index in [0.29, 0.717) is 11.4 Å². The van der Waals surface area contributed by atoms with E-state index >= 15 is 0 Å². The first kappa shape index (κ1) is 9.86. The fraction of sp³-hybridized carbons (Fsp3) is 0.400. The minimum atomic E-state index is 0.232. The molecule has 1 rings (SSSR count). The molecule has 0 amide bonds. The van der Waals surface area contributed by atoms with E-state index in [4.69, 9.17) is 15.2 Å². The van der Waals surface area contributed by atoms with Gasteiger partial charge in [0.05, 0.1) is 5.69 Å². The fourth-order valence-electron chi connectivity index (χ4n) is 1.07. The molecular weight excluding hydrogens is 166 g/mol. The average Bonchev–Trinajstić information content (AvgIpc) is 2.16. The third-order valence-corrected chi connectivity index (χ3v) is 1.81. The molecule has 0 fully saturated rings. The molecule has 13 heavy (non-hydrogen) atoms. The topological polar surface area (TPSA) is 44.5 Å².